The first-order valence-electron chi connectivity index (χ1n) is 9.51. The van der Waals surface area contributed by atoms with Crippen molar-refractivity contribution in [3.63, 3.8) is 0 Å². The number of benzene rings is 3. The van der Waals surface area contributed by atoms with Gasteiger partial charge in [0.05, 0.1) is 6.04 Å². The molecule has 0 aliphatic rings. The van der Waals surface area contributed by atoms with Crippen LogP contribution in [0, 0.1) is 11.3 Å². The lowest BCUT2D eigenvalue weighted by atomic mass is 9.98. The Kier molecular flexibility index (Phi) is 6.80. The normalized spacial score (nSPS) is 12.1. The Morgan fingerprint density at radius 1 is 0.828 bits per heavy atom. The summed E-state index contributed by atoms with van der Waals surface area (Å²) in [6, 6.07) is 30.9. The van der Waals surface area contributed by atoms with Crippen LogP contribution in [0.15, 0.2) is 103 Å². The van der Waals surface area contributed by atoms with Crippen LogP contribution in [0.4, 0.5) is 0 Å². The van der Waals surface area contributed by atoms with Gasteiger partial charge in [-0.3, -0.25) is 4.79 Å². The molecule has 1 amide bonds. The smallest absolute Gasteiger partial charge is 0.264 e. The quantitative estimate of drug-likeness (QED) is 0.462. The van der Waals surface area contributed by atoms with Crippen molar-refractivity contribution in [2.75, 3.05) is 0 Å². The summed E-state index contributed by atoms with van der Waals surface area (Å²) < 4.78 is 0. The zero-order chi connectivity index (χ0) is 20.5. The highest BCUT2D eigenvalue weighted by molar-refractivity contribution is 5.97. The molecule has 3 rings (SSSR count). The summed E-state index contributed by atoms with van der Waals surface area (Å²) in [5.74, 6) is -0.419. The van der Waals surface area contributed by atoms with Gasteiger partial charge in [-0.1, -0.05) is 91.0 Å². The molecule has 4 nitrogen and oxygen atoms in total. The second-order valence-electron chi connectivity index (χ2n) is 6.70. The number of carbonyl (C=O) groups excluding carboxylic acids is 1. The molecule has 2 N–H and O–H groups in total. The molecule has 0 radical (unpaired) electrons. The lowest BCUT2D eigenvalue weighted by Crippen LogP contribution is -2.31. The number of hydrogen-bond acceptors (Lipinski definition) is 3. The first-order chi connectivity index (χ1) is 14.2. The van der Waals surface area contributed by atoms with E-state index in [1.807, 2.05) is 104 Å². The van der Waals surface area contributed by atoms with Crippen molar-refractivity contribution < 1.29 is 4.79 Å². The molecule has 3 aromatic carbocycles. The van der Waals surface area contributed by atoms with E-state index in [4.69, 9.17) is 0 Å². The maximum Gasteiger partial charge on any atom is 0.264 e. The summed E-state index contributed by atoms with van der Waals surface area (Å²) in [5, 5.41) is 15.6. The van der Waals surface area contributed by atoms with Gasteiger partial charge in [0.1, 0.15) is 11.6 Å². The molecular weight excluding hydrogens is 358 g/mol. The third kappa shape index (κ3) is 5.33. The zero-order valence-corrected chi connectivity index (χ0v) is 16.2. The molecule has 0 fully saturated rings. The van der Waals surface area contributed by atoms with Crippen molar-refractivity contribution in [1.29, 1.82) is 5.26 Å². The second-order valence-corrected chi connectivity index (χ2v) is 6.70. The van der Waals surface area contributed by atoms with Crippen molar-refractivity contribution in [3.05, 3.63) is 119 Å². The Hall–Kier alpha value is -3.84. The summed E-state index contributed by atoms with van der Waals surface area (Å²) >= 11 is 0. The molecule has 144 valence electrons. The monoisotopic (exact) mass is 381 g/mol. The molecular formula is C25H23N3O. The molecule has 3 aromatic rings. The van der Waals surface area contributed by atoms with Crippen molar-refractivity contribution >= 4 is 5.91 Å². The van der Waals surface area contributed by atoms with E-state index in [1.54, 1.807) is 0 Å². The molecule has 0 bridgehead atoms. The van der Waals surface area contributed by atoms with Crippen LogP contribution in [0.1, 0.15) is 35.7 Å². The average molecular weight is 381 g/mol. The van der Waals surface area contributed by atoms with E-state index in [1.165, 1.54) is 6.20 Å². The van der Waals surface area contributed by atoms with Crippen LogP contribution in [-0.2, 0) is 4.79 Å². The van der Waals surface area contributed by atoms with Gasteiger partial charge in [0.2, 0.25) is 0 Å². The minimum absolute atomic E-state index is 0.0219. The molecule has 0 aliphatic carbocycles. The third-order valence-electron chi connectivity index (χ3n) is 4.68. The van der Waals surface area contributed by atoms with Gasteiger partial charge in [0.25, 0.3) is 5.91 Å². The minimum atomic E-state index is -0.419. The maximum atomic E-state index is 12.8. The minimum Gasteiger partial charge on any atom is -0.383 e. The predicted octanol–water partition coefficient (Wildman–Crippen LogP) is 4.65. The average Bonchev–Trinajstić information content (AvgIpc) is 2.79. The molecule has 29 heavy (non-hydrogen) atoms. The molecule has 4 heteroatoms. The highest BCUT2D eigenvalue weighted by Crippen LogP contribution is 2.22. The molecule has 0 aromatic heterocycles. The van der Waals surface area contributed by atoms with Gasteiger partial charge >= 0.3 is 0 Å². The van der Waals surface area contributed by atoms with Crippen molar-refractivity contribution in [2.24, 2.45) is 0 Å². The summed E-state index contributed by atoms with van der Waals surface area (Å²) in [7, 11) is 0. The van der Waals surface area contributed by atoms with Gasteiger partial charge in [-0.2, -0.15) is 5.26 Å². The van der Waals surface area contributed by atoms with Gasteiger partial charge < -0.3 is 10.6 Å². The number of nitriles is 1. The molecule has 0 aliphatic heterocycles. The van der Waals surface area contributed by atoms with Gasteiger partial charge in [0, 0.05) is 12.2 Å². The van der Waals surface area contributed by atoms with E-state index in [0.717, 1.165) is 16.7 Å². The summed E-state index contributed by atoms with van der Waals surface area (Å²) in [4.78, 5) is 12.8. The van der Waals surface area contributed by atoms with E-state index in [-0.39, 0.29) is 17.7 Å². The van der Waals surface area contributed by atoms with E-state index in [9.17, 15) is 10.1 Å². The SMILES string of the molecule is CC(N/C=C(/C#N)C(=O)NC(c1ccccc1)c1ccccc1)c1ccccc1. The Labute approximate surface area is 171 Å². The van der Waals surface area contributed by atoms with Crippen molar-refractivity contribution in [2.45, 2.75) is 19.0 Å². The number of hydrogen-bond donors (Lipinski definition) is 2. The third-order valence-corrected chi connectivity index (χ3v) is 4.68. The van der Waals surface area contributed by atoms with Gasteiger partial charge in [-0.25, -0.2) is 0 Å². The number of rotatable bonds is 7. The van der Waals surface area contributed by atoms with Crippen LogP contribution in [0.2, 0.25) is 0 Å². The van der Waals surface area contributed by atoms with Gasteiger partial charge in [0.15, 0.2) is 0 Å². The molecule has 1 atom stereocenters. The molecule has 0 heterocycles. The number of nitrogens with one attached hydrogen (secondary N) is 2. The van der Waals surface area contributed by atoms with E-state index < -0.39 is 5.91 Å². The summed E-state index contributed by atoms with van der Waals surface area (Å²) in [6.45, 7) is 1.98. The van der Waals surface area contributed by atoms with E-state index in [2.05, 4.69) is 10.6 Å². The first-order valence-corrected chi connectivity index (χ1v) is 9.51. The summed E-state index contributed by atoms with van der Waals surface area (Å²) in [5.41, 5.74) is 3.02. The predicted molar refractivity (Wildman–Crippen MR) is 115 cm³/mol. The summed E-state index contributed by atoms with van der Waals surface area (Å²) in [6.07, 6.45) is 1.49. The fraction of sp³-hybridized carbons (Fsp3) is 0.120. The van der Waals surface area contributed by atoms with Crippen LogP contribution < -0.4 is 10.6 Å². The topological polar surface area (TPSA) is 64.9 Å². The maximum absolute atomic E-state index is 12.8. The van der Waals surface area contributed by atoms with Crippen LogP contribution in [0.25, 0.3) is 0 Å². The van der Waals surface area contributed by atoms with Crippen LogP contribution in [-0.4, -0.2) is 5.91 Å². The Morgan fingerprint density at radius 3 is 1.72 bits per heavy atom. The van der Waals surface area contributed by atoms with Crippen LogP contribution >= 0.6 is 0 Å². The highest BCUT2D eigenvalue weighted by atomic mass is 16.1. The molecule has 0 saturated carbocycles. The van der Waals surface area contributed by atoms with E-state index >= 15 is 0 Å². The number of amides is 1. The fourth-order valence-electron chi connectivity index (χ4n) is 3.05. The molecule has 1 unspecified atom stereocenters. The zero-order valence-electron chi connectivity index (χ0n) is 16.2. The Bertz CT molecular complexity index is 953. The Balaban J connectivity index is 1.78. The van der Waals surface area contributed by atoms with Crippen molar-refractivity contribution in [1.82, 2.24) is 10.6 Å². The number of carbonyl (C=O) groups is 1. The molecule has 0 spiro atoms. The fourth-order valence-corrected chi connectivity index (χ4v) is 3.05. The van der Waals surface area contributed by atoms with Crippen molar-refractivity contribution in [3.8, 4) is 6.07 Å². The van der Waals surface area contributed by atoms with E-state index in [0.29, 0.717) is 0 Å². The largest absolute Gasteiger partial charge is 0.383 e. The number of nitrogens with zero attached hydrogens (tertiary/aromatic N) is 1. The lowest BCUT2D eigenvalue weighted by Gasteiger charge is -2.20. The van der Waals surface area contributed by atoms with Crippen LogP contribution in [0.5, 0.6) is 0 Å². The first kappa shape index (κ1) is 19.9. The van der Waals surface area contributed by atoms with Crippen LogP contribution in [0.3, 0.4) is 0 Å². The highest BCUT2D eigenvalue weighted by Gasteiger charge is 2.19. The molecule has 0 saturated heterocycles. The Morgan fingerprint density at radius 2 is 1.28 bits per heavy atom. The lowest BCUT2D eigenvalue weighted by molar-refractivity contribution is -0.117. The second kappa shape index (κ2) is 9.91. The van der Waals surface area contributed by atoms with Gasteiger partial charge in [-0.05, 0) is 23.6 Å². The standard InChI is InChI=1S/C25H23N3O/c1-19(20-11-5-2-6-12-20)27-18-23(17-26)25(29)28-24(21-13-7-3-8-14-21)22-15-9-4-10-16-22/h2-16,18-19,24,27H,1H3,(H,28,29)/b23-18-. The van der Waals surface area contributed by atoms with Gasteiger partial charge in [-0.15, -0.1) is 0 Å².